The Hall–Kier alpha value is -1.98. The molecule has 0 unspecified atom stereocenters. The molecule has 0 aliphatic heterocycles. The third-order valence-corrected chi connectivity index (χ3v) is 4.05. The van der Waals surface area contributed by atoms with Crippen molar-refractivity contribution >= 4 is 10.8 Å². The number of benzene rings is 2. The van der Waals surface area contributed by atoms with Crippen LogP contribution in [-0.4, -0.2) is 12.6 Å². The van der Waals surface area contributed by atoms with Crippen LogP contribution in [0.1, 0.15) is 37.7 Å². The van der Waals surface area contributed by atoms with Gasteiger partial charge in [-0.3, -0.25) is 0 Å². The Balaban J connectivity index is 1.99. The van der Waals surface area contributed by atoms with Gasteiger partial charge in [0.2, 0.25) is 0 Å². The zero-order valence-electron chi connectivity index (χ0n) is 12.3. The third-order valence-electron chi connectivity index (χ3n) is 4.05. The normalized spacial score (nSPS) is 15.5. The number of rotatable bonds is 2. The molecule has 0 radical (unpaired) electrons. The fraction of sp³-hybridized carbons (Fsp3) is 0.368. The van der Waals surface area contributed by atoms with Gasteiger partial charge in [-0.15, -0.1) is 0 Å². The van der Waals surface area contributed by atoms with Gasteiger partial charge in [-0.2, -0.15) is 0 Å². The lowest BCUT2D eigenvalue weighted by Gasteiger charge is -2.24. The molecule has 3 rings (SSSR count). The number of nitrogens with two attached hydrogens (primary N) is 1. The summed E-state index contributed by atoms with van der Waals surface area (Å²) in [5.74, 6) is 7.08. The van der Waals surface area contributed by atoms with Crippen molar-refractivity contribution in [3.63, 3.8) is 0 Å². The molecule has 108 valence electrons. The molecule has 0 atom stereocenters. The third kappa shape index (κ3) is 3.20. The van der Waals surface area contributed by atoms with Crippen molar-refractivity contribution in [1.82, 2.24) is 0 Å². The minimum atomic E-state index is 0.332. The van der Waals surface area contributed by atoms with Crippen LogP contribution >= 0.6 is 0 Å². The highest BCUT2D eigenvalue weighted by Gasteiger charge is 2.17. The molecule has 1 saturated carbocycles. The maximum Gasteiger partial charge on any atom is 0.135 e. The summed E-state index contributed by atoms with van der Waals surface area (Å²) >= 11 is 0. The van der Waals surface area contributed by atoms with Crippen molar-refractivity contribution in [3.05, 3.63) is 42.0 Å². The van der Waals surface area contributed by atoms with Gasteiger partial charge in [0.25, 0.3) is 0 Å². The van der Waals surface area contributed by atoms with Crippen molar-refractivity contribution in [3.8, 4) is 17.6 Å². The molecule has 2 nitrogen and oxygen atoms in total. The van der Waals surface area contributed by atoms with Gasteiger partial charge in [0.1, 0.15) is 5.75 Å². The predicted molar refractivity (Wildman–Crippen MR) is 87.4 cm³/mol. The van der Waals surface area contributed by atoms with E-state index < -0.39 is 0 Å². The first-order chi connectivity index (χ1) is 10.4. The van der Waals surface area contributed by atoms with E-state index in [1.807, 2.05) is 12.1 Å². The van der Waals surface area contributed by atoms with Gasteiger partial charge in [-0.25, -0.2) is 0 Å². The minimum Gasteiger partial charge on any atom is -0.489 e. The number of hydrogen-bond donors (Lipinski definition) is 1. The summed E-state index contributed by atoms with van der Waals surface area (Å²) in [6.45, 7) is 0.367. The van der Waals surface area contributed by atoms with E-state index in [0.29, 0.717) is 12.6 Å². The number of ether oxygens (including phenoxy) is 1. The molecular formula is C19H21NO. The van der Waals surface area contributed by atoms with Crippen molar-refractivity contribution < 1.29 is 4.74 Å². The van der Waals surface area contributed by atoms with Crippen LogP contribution in [0.5, 0.6) is 5.75 Å². The van der Waals surface area contributed by atoms with Crippen LogP contribution in [0.3, 0.4) is 0 Å². The van der Waals surface area contributed by atoms with E-state index in [4.69, 9.17) is 10.5 Å². The van der Waals surface area contributed by atoms with Gasteiger partial charge in [-0.05, 0) is 37.1 Å². The lowest BCUT2D eigenvalue weighted by atomic mass is 9.97. The fourth-order valence-electron chi connectivity index (χ4n) is 2.98. The molecule has 2 N–H and O–H groups in total. The predicted octanol–water partition coefficient (Wildman–Crippen LogP) is 3.86. The lowest BCUT2D eigenvalue weighted by molar-refractivity contribution is 0.155. The van der Waals surface area contributed by atoms with Crippen LogP contribution in [0.15, 0.2) is 36.4 Å². The maximum atomic E-state index is 6.25. The SMILES string of the molecule is NCC#Cc1c(OC2CCCCC2)ccc2ccccc12. The largest absolute Gasteiger partial charge is 0.489 e. The molecule has 0 bridgehead atoms. The van der Waals surface area contributed by atoms with E-state index >= 15 is 0 Å². The molecule has 1 fully saturated rings. The fourth-order valence-corrected chi connectivity index (χ4v) is 2.98. The van der Waals surface area contributed by atoms with Gasteiger partial charge in [0.15, 0.2) is 0 Å². The second-order valence-electron chi connectivity index (χ2n) is 5.54. The molecule has 0 heterocycles. The molecule has 0 amide bonds. The van der Waals surface area contributed by atoms with Crippen LogP contribution in [0.25, 0.3) is 10.8 Å². The summed E-state index contributed by atoms with van der Waals surface area (Å²) in [7, 11) is 0. The quantitative estimate of drug-likeness (QED) is 0.847. The first-order valence-electron chi connectivity index (χ1n) is 7.76. The van der Waals surface area contributed by atoms with E-state index in [9.17, 15) is 0 Å². The average Bonchev–Trinajstić information content (AvgIpc) is 2.55. The van der Waals surface area contributed by atoms with Crippen molar-refractivity contribution in [2.75, 3.05) is 6.54 Å². The van der Waals surface area contributed by atoms with E-state index in [-0.39, 0.29) is 0 Å². The monoisotopic (exact) mass is 279 g/mol. The van der Waals surface area contributed by atoms with Crippen molar-refractivity contribution in [2.45, 2.75) is 38.2 Å². The first-order valence-corrected chi connectivity index (χ1v) is 7.76. The summed E-state index contributed by atoms with van der Waals surface area (Å²) in [5.41, 5.74) is 6.52. The summed E-state index contributed by atoms with van der Waals surface area (Å²) in [6, 6.07) is 12.5. The van der Waals surface area contributed by atoms with E-state index in [0.717, 1.165) is 29.5 Å². The zero-order chi connectivity index (χ0) is 14.5. The molecule has 2 aromatic carbocycles. The van der Waals surface area contributed by atoms with Crippen LogP contribution in [0, 0.1) is 11.8 Å². The molecular weight excluding hydrogens is 258 g/mol. The Morgan fingerprint density at radius 3 is 2.67 bits per heavy atom. The topological polar surface area (TPSA) is 35.2 Å². The molecule has 0 spiro atoms. The summed E-state index contributed by atoms with van der Waals surface area (Å²) in [5, 5.41) is 2.33. The van der Waals surface area contributed by atoms with Crippen LogP contribution in [-0.2, 0) is 0 Å². The second-order valence-corrected chi connectivity index (χ2v) is 5.54. The summed E-state index contributed by atoms with van der Waals surface area (Å²) in [6.07, 6.45) is 6.49. The Bertz CT molecular complexity index is 675. The maximum absolute atomic E-state index is 6.25. The Morgan fingerprint density at radius 1 is 1.05 bits per heavy atom. The van der Waals surface area contributed by atoms with Crippen LogP contribution < -0.4 is 10.5 Å². The van der Waals surface area contributed by atoms with Crippen LogP contribution in [0.2, 0.25) is 0 Å². The minimum absolute atomic E-state index is 0.332. The molecule has 0 aromatic heterocycles. The standard InChI is InChI=1S/C19H21NO/c20-14-6-11-18-17-10-5-4-7-15(17)12-13-19(18)21-16-8-2-1-3-9-16/h4-5,7,10,12-13,16H,1-3,8-9,14,20H2. The van der Waals surface area contributed by atoms with E-state index in [1.54, 1.807) is 0 Å². The van der Waals surface area contributed by atoms with Crippen molar-refractivity contribution in [2.24, 2.45) is 5.73 Å². The molecule has 1 aliphatic carbocycles. The smallest absolute Gasteiger partial charge is 0.135 e. The molecule has 21 heavy (non-hydrogen) atoms. The highest BCUT2D eigenvalue weighted by Crippen LogP contribution is 2.30. The Morgan fingerprint density at radius 2 is 1.86 bits per heavy atom. The zero-order valence-corrected chi connectivity index (χ0v) is 12.3. The number of hydrogen-bond acceptors (Lipinski definition) is 2. The van der Waals surface area contributed by atoms with Crippen LogP contribution in [0.4, 0.5) is 0 Å². The summed E-state index contributed by atoms with van der Waals surface area (Å²) < 4.78 is 6.25. The van der Waals surface area contributed by atoms with E-state index in [1.165, 1.54) is 24.6 Å². The Labute approximate surface area is 126 Å². The number of fused-ring (bicyclic) bond motifs is 1. The molecule has 2 heteroatoms. The van der Waals surface area contributed by atoms with Gasteiger partial charge >= 0.3 is 0 Å². The second kappa shape index (κ2) is 6.65. The molecule has 0 saturated heterocycles. The lowest BCUT2D eigenvalue weighted by Crippen LogP contribution is -2.20. The average molecular weight is 279 g/mol. The summed E-state index contributed by atoms with van der Waals surface area (Å²) in [4.78, 5) is 0. The molecule has 1 aliphatic rings. The Kier molecular flexibility index (Phi) is 4.43. The first kappa shape index (κ1) is 14.0. The van der Waals surface area contributed by atoms with Gasteiger partial charge in [0, 0.05) is 5.39 Å². The van der Waals surface area contributed by atoms with E-state index in [2.05, 4.69) is 36.1 Å². The van der Waals surface area contributed by atoms with Gasteiger partial charge < -0.3 is 10.5 Å². The highest BCUT2D eigenvalue weighted by atomic mass is 16.5. The molecule has 2 aromatic rings. The van der Waals surface area contributed by atoms with Gasteiger partial charge in [-0.1, -0.05) is 48.6 Å². The van der Waals surface area contributed by atoms with Crippen molar-refractivity contribution in [1.29, 1.82) is 0 Å². The van der Waals surface area contributed by atoms with Gasteiger partial charge in [0.05, 0.1) is 18.2 Å². The highest BCUT2D eigenvalue weighted by molar-refractivity contribution is 5.90.